The van der Waals surface area contributed by atoms with E-state index < -0.39 is 10.0 Å². The molecule has 1 aromatic carbocycles. The summed E-state index contributed by atoms with van der Waals surface area (Å²) < 4.78 is 27.4. The van der Waals surface area contributed by atoms with Gasteiger partial charge >= 0.3 is 0 Å². The number of nitrogens with one attached hydrogen (secondary N) is 1. The molecule has 0 amide bonds. The molecule has 0 aliphatic carbocycles. The lowest BCUT2D eigenvalue weighted by Crippen LogP contribution is -2.47. The first kappa shape index (κ1) is 16.4. The Morgan fingerprint density at radius 3 is 2.57 bits per heavy atom. The summed E-state index contributed by atoms with van der Waals surface area (Å²) in [5.41, 5.74) is 7.35. The molecule has 1 unspecified atom stereocenters. The molecule has 0 spiro atoms. The van der Waals surface area contributed by atoms with Crippen LogP contribution < -0.4 is 10.5 Å². The zero-order valence-corrected chi connectivity index (χ0v) is 13.4. The number of nitrogens with two attached hydrogens (primary N) is 1. The molecular formula is C15H25N3O2S. The van der Waals surface area contributed by atoms with E-state index in [0.717, 1.165) is 43.6 Å². The first-order chi connectivity index (χ1) is 10.0. The van der Waals surface area contributed by atoms with Gasteiger partial charge in [-0.15, -0.1) is 0 Å². The highest BCUT2D eigenvalue weighted by atomic mass is 32.2. The average molecular weight is 311 g/mol. The Morgan fingerprint density at radius 1 is 1.29 bits per heavy atom. The maximum absolute atomic E-state index is 12.3. The third-order valence-corrected chi connectivity index (χ3v) is 5.32. The van der Waals surface area contributed by atoms with Crippen molar-refractivity contribution in [3.8, 4) is 0 Å². The predicted molar refractivity (Wildman–Crippen MR) is 85.2 cm³/mol. The van der Waals surface area contributed by atoms with Crippen molar-refractivity contribution in [3.05, 3.63) is 35.4 Å². The molecule has 1 aliphatic rings. The van der Waals surface area contributed by atoms with Gasteiger partial charge in [-0.1, -0.05) is 31.2 Å². The van der Waals surface area contributed by atoms with Crippen molar-refractivity contribution < 1.29 is 8.42 Å². The summed E-state index contributed by atoms with van der Waals surface area (Å²) in [5, 5.41) is 0. The van der Waals surface area contributed by atoms with Crippen molar-refractivity contribution in [3.63, 3.8) is 0 Å². The fraction of sp³-hybridized carbons (Fsp3) is 0.600. The molecule has 3 N–H and O–H groups in total. The van der Waals surface area contributed by atoms with Gasteiger partial charge in [0.2, 0.25) is 10.0 Å². The highest BCUT2D eigenvalue weighted by molar-refractivity contribution is 7.88. The minimum absolute atomic E-state index is 0.0283. The van der Waals surface area contributed by atoms with E-state index in [9.17, 15) is 8.42 Å². The largest absolute Gasteiger partial charge is 0.326 e. The number of piperidine rings is 1. The van der Waals surface area contributed by atoms with Crippen LogP contribution in [0.2, 0.25) is 0 Å². The highest BCUT2D eigenvalue weighted by Crippen LogP contribution is 2.13. The number of sulfonamides is 1. The first-order valence-electron chi connectivity index (χ1n) is 7.52. The summed E-state index contributed by atoms with van der Waals surface area (Å²) in [6.07, 6.45) is 1.97. The molecule has 1 heterocycles. The van der Waals surface area contributed by atoms with E-state index in [2.05, 4.69) is 16.5 Å². The molecule has 1 aliphatic heterocycles. The van der Waals surface area contributed by atoms with Gasteiger partial charge in [0.05, 0.1) is 5.75 Å². The van der Waals surface area contributed by atoms with Crippen LogP contribution in [0.1, 0.15) is 30.9 Å². The van der Waals surface area contributed by atoms with E-state index in [-0.39, 0.29) is 11.8 Å². The fourth-order valence-electron chi connectivity index (χ4n) is 2.73. The second-order valence-corrected chi connectivity index (χ2v) is 7.38. The van der Waals surface area contributed by atoms with E-state index in [1.165, 1.54) is 0 Å². The van der Waals surface area contributed by atoms with Crippen LogP contribution in [0.4, 0.5) is 0 Å². The van der Waals surface area contributed by atoms with E-state index in [0.29, 0.717) is 6.54 Å². The smallest absolute Gasteiger partial charge is 0.216 e. The van der Waals surface area contributed by atoms with Crippen LogP contribution in [0.5, 0.6) is 0 Å². The molecule has 1 fully saturated rings. The molecule has 0 bridgehead atoms. The normalized spacial score (nSPS) is 20.6. The maximum atomic E-state index is 12.3. The van der Waals surface area contributed by atoms with E-state index in [4.69, 9.17) is 5.73 Å². The Bertz CT molecular complexity index is 543. The molecule has 1 saturated heterocycles. The van der Waals surface area contributed by atoms with Gasteiger partial charge < -0.3 is 10.6 Å². The molecule has 1 atom stereocenters. The first-order valence-corrected chi connectivity index (χ1v) is 9.18. The minimum atomic E-state index is -3.29. The number of likely N-dealkylation sites (N-methyl/N-ethyl adjacent to an activating group) is 1. The van der Waals surface area contributed by atoms with Gasteiger partial charge in [0, 0.05) is 19.1 Å². The monoisotopic (exact) mass is 311 g/mol. The Kier molecular flexibility index (Phi) is 5.75. The van der Waals surface area contributed by atoms with Crippen molar-refractivity contribution in [1.82, 2.24) is 9.62 Å². The Morgan fingerprint density at radius 2 is 1.95 bits per heavy atom. The zero-order chi connectivity index (χ0) is 15.3. The highest BCUT2D eigenvalue weighted by Gasteiger charge is 2.23. The molecule has 5 nitrogen and oxygen atoms in total. The number of rotatable bonds is 6. The Hall–Kier alpha value is -0.950. The lowest BCUT2D eigenvalue weighted by atomic mass is 10.1. The number of hydrogen-bond acceptors (Lipinski definition) is 4. The third-order valence-electron chi connectivity index (χ3n) is 3.91. The van der Waals surface area contributed by atoms with Crippen molar-refractivity contribution in [2.45, 2.75) is 38.1 Å². The van der Waals surface area contributed by atoms with Gasteiger partial charge in [-0.25, -0.2) is 13.1 Å². The lowest BCUT2D eigenvalue weighted by Gasteiger charge is -2.32. The molecule has 2 rings (SSSR count). The quantitative estimate of drug-likeness (QED) is 0.823. The summed E-state index contributed by atoms with van der Waals surface area (Å²) in [6, 6.07) is 7.46. The summed E-state index contributed by atoms with van der Waals surface area (Å²) >= 11 is 0. The van der Waals surface area contributed by atoms with E-state index in [1.54, 1.807) is 0 Å². The van der Waals surface area contributed by atoms with Crippen LogP contribution in [0, 0.1) is 0 Å². The summed E-state index contributed by atoms with van der Waals surface area (Å²) in [5.74, 6) is 0.0283. The average Bonchev–Trinajstić information content (AvgIpc) is 2.47. The molecule has 21 heavy (non-hydrogen) atoms. The van der Waals surface area contributed by atoms with Crippen molar-refractivity contribution in [1.29, 1.82) is 0 Å². The van der Waals surface area contributed by atoms with Crippen molar-refractivity contribution in [2.75, 3.05) is 19.6 Å². The third kappa shape index (κ3) is 5.07. The summed E-state index contributed by atoms with van der Waals surface area (Å²) in [6.45, 7) is 5.42. The number of nitrogens with zero attached hydrogens (tertiary/aromatic N) is 1. The predicted octanol–water partition coefficient (Wildman–Crippen LogP) is 1.05. The molecule has 0 aromatic heterocycles. The lowest BCUT2D eigenvalue weighted by molar-refractivity contribution is 0.211. The SMILES string of the molecule is CCN1CCCC(NS(=O)(=O)Cc2ccc(CN)cc2)C1. The van der Waals surface area contributed by atoms with Crippen molar-refractivity contribution >= 4 is 10.0 Å². The Labute approximate surface area is 127 Å². The van der Waals surface area contributed by atoms with Crippen LogP contribution in [-0.2, 0) is 22.3 Å². The van der Waals surface area contributed by atoms with Gasteiger partial charge in [-0.05, 0) is 37.1 Å². The number of likely N-dealkylation sites (tertiary alicyclic amines) is 1. The van der Waals surface area contributed by atoms with Gasteiger partial charge in [-0.2, -0.15) is 0 Å². The molecule has 118 valence electrons. The van der Waals surface area contributed by atoms with Crippen LogP contribution in [0.15, 0.2) is 24.3 Å². The number of hydrogen-bond donors (Lipinski definition) is 2. The minimum Gasteiger partial charge on any atom is -0.326 e. The van der Waals surface area contributed by atoms with Gasteiger partial charge in [-0.3, -0.25) is 0 Å². The van der Waals surface area contributed by atoms with Gasteiger partial charge in [0.25, 0.3) is 0 Å². The molecule has 1 aromatic rings. The topological polar surface area (TPSA) is 75.4 Å². The molecular weight excluding hydrogens is 286 g/mol. The van der Waals surface area contributed by atoms with Crippen LogP contribution in [0.25, 0.3) is 0 Å². The summed E-state index contributed by atoms with van der Waals surface area (Å²) in [7, 11) is -3.29. The zero-order valence-electron chi connectivity index (χ0n) is 12.6. The molecule has 6 heteroatoms. The van der Waals surface area contributed by atoms with Crippen molar-refractivity contribution in [2.24, 2.45) is 5.73 Å². The van der Waals surface area contributed by atoms with Gasteiger partial charge in [0.15, 0.2) is 0 Å². The van der Waals surface area contributed by atoms with Gasteiger partial charge in [0.1, 0.15) is 0 Å². The van der Waals surface area contributed by atoms with Crippen LogP contribution in [0.3, 0.4) is 0 Å². The second-order valence-electron chi connectivity index (χ2n) is 5.63. The number of benzene rings is 1. The second kappa shape index (κ2) is 7.35. The van der Waals surface area contributed by atoms with Crippen LogP contribution in [-0.4, -0.2) is 39.0 Å². The van der Waals surface area contributed by atoms with E-state index in [1.807, 2.05) is 24.3 Å². The van der Waals surface area contributed by atoms with E-state index >= 15 is 0 Å². The standard InChI is InChI=1S/C15H25N3O2S/c1-2-18-9-3-4-15(11-18)17-21(19,20)12-14-7-5-13(10-16)6-8-14/h5-8,15,17H,2-4,9-12,16H2,1H3. The molecule has 0 saturated carbocycles. The molecule has 0 radical (unpaired) electrons. The summed E-state index contributed by atoms with van der Waals surface area (Å²) in [4.78, 5) is 2.28. The maximum Gasteiger partial charge on any atom is 0.216 e. The fourth-order valence-corrected chi connectivity index (χ4v) is 4.14. The van der Waals surface area contributed by atoms with Crippen LogP contribution >= 0.6 is 0 Å². The Balaban J connectivity index is 1.94.